The van der Waals surface area contributed by atoms with Crippen molar-refractivity contribution in [2.24, 2.45) is 0 Å². The van der Waals surface area contributed by atoms with Crippen LogP contribution in [0.15, 0.2) is 79.0 Å². The summed E-state index contributed by atoms with van der Waals surface area (Å²) < 4.78 is 53.7. The summed E-state index contributed by atoms with van der Waals surface area (Å²) >= 11 is 0. The summed E-state index contributed by atoms with van der Waals surface area (Å²) in [6.07, 6.45) is -3.76. The molecular weight excluding hydrogens is 519 g/mol. The maximum Gasteiger partial charge on any atom is 0.573 e. The number of ether oxygens (including phenoxy) is 3. The first kappa shape index (κ1) is 25.9. The zero-order chi connectivity index (χ0) is 27.6. The number of ketones is 1. The minimum Gasteiger partial charge on any atom is -0.443 e. The third-order valence-electron chi connectivity index (χ3n) is 5.98. The lowest BCUT2D eigenvalue weighted by molar-refractivity contribution is -0.389. The second-order valence-electron chi connectivity index (χ2n) is 8.71. The van der Waals surface area contributed by atoms with E-state index in [1.807, 2.05) is 24.3 Å². The summed E-state index contributed by atoms with van der Waals surface area (Å²) in [4.78, 5) is 26.8. The lowest BCUT2D eigenvalue weighted by atomic mass is 9.99. The molecule has 1 aromatic heterocycles. The molecule has 0 radical (unpaired) electrons. The van der Waals surface area contributed by atoms with Gasteiger partial charge in [0.1, 0.15) is 24.7 Å². The van der Waals surface area contributed by atoms with Crippen molar-refractivity contribution in [2.45, 2.75) is 25.6 Å². The van der Waals surface area contributed by atoms with E-state index in [4.69, 9.17) is 9.47 Å². The van der Waals surface area contributed by atoms with Gasteiger partial charge in [0.2, 0.25) is 0 Å². The van der Waals surface area contributed by atoms with E-state index in [0.29, 0.717) is 18.7 Å². The molecular formula is C27H20F3N3O6. The van der Waals surface area contributed by atoms with Crippen LogP contribution in [0.1, 0.15) is 21.5 Å². The second kappa shape index (κ2) is 10.6. The number of halogens is 3. The number of benzene rings is 3. The molecule has 0 unspecified atom stereocenters. The van der Waals surface area contributed by atoms with Gasteiger partial charge in [0.05, 0.1) is 13.2 Å². The van der Waals surface area contributed by atoms with E-state index in [2.05, 4.69) is 9.72 Å². The van der Waals surface area contributed by atoms with Gasteiger partial charge in [-0.15, -0.1) is 13.2 Å². The summed E-state index contributed by atoms with van der Waals surface area (Å²) in [7, 11) is 0. The van der Waals surface area contributed by atoms with Crippen molar-refractivity contribution in [1.82, 2.24) is 9.55 Å². The predicted molar refractivity (Wildman–Crippen MR) is 131 cm³/mol. The van der Waals surface area contributed by atoms with E-state index in [-0.39, 0.29) is 35.9 Å². The smallest absolute Gasteiger partial charge is 0.443 e. The van der Waals surface area contributed by atoms with Crippen LogP contribution in [0.4, 0.5) is 19.0 Å². The van der Waals surface area contributed by atoms with Gasteiger partial charge in [-0.3, -0.25) is 9.36 Å². The van der Waals surface area contributed by atoms with Crippen LogP contribution < -0.4 is 9.47 Å². The molecule has 0 aliphatic carbocycles. The Bertz CT molecular complexity index is 1480. The first-order chi connectivity index (χ1) is 18.6. The molecule has 3 aromatic carbocycles. The minimum atomic E-state index is -4.80. The van der Waals surface area contributed by atoms with Crippen LogP contribution in [0.3, 0.4) is 0 Å². The average Bonchev–Trinajstić information content (AvgIpc) is 3.36. The Balaban J connectivity index is 1.16. The number of rotatable bonds is 8. The van der Waals surface area contributed by atoms with Gasteiger partial charge in [0.25, 0.3) is 0 Å². The van der Waals surface area contributed by atoms with Crippen molar-refractivity contribution >= 4 is 11.6 Å². The molecule has 4 aromatic rings. The molecule has 200 valence electrons. The average molecular weight is 539 g/mol. The highest BCUT2D eigenvalue weighted by Crippen LogP contribution is 2.26. The normalized spacial score (nSPS) is 14.8. The molecule has 12 heteroatoms. The van der Waals surface area contributed by atoms with Crippen molar-refractivity contribution in [1.29, 1.82) is 0 Å². The summed E-state index contributed by atoms with van der Waals surface area (Å²) in [5, 5.41) is 10.9. The molecule has 0 amide bonds. The fourth-order valence-corrected chi connectivity index (χ4v) is 4.06. The molecule has 0 fully saturated rings. The number of aromatic nitrogens is 2. The monoisotopic (exact) mass is 539 g/mol. The van der Waals surface area contributed by atoms with E-state index in [9.17, 15) is 28.1 Å². The van der Waals surface area contributed by atoms with Gasteiger partial charge in [-0.25, -0.2) is 0 Å². The standard InChI is InChI=1S/C27H20F3N3O6/c28-27(29,30)39-22-11-9-21(10-12-22)25(34)20-7-5-19(6-8-20)18-3-1-17(2-4-18)15-37-23-13-32-14-24(33(35)36)31-26(32)38-16-23/h1-12,14,23H,13,15-16H2/t23-/m0/s1. The highest BCUT2D eigenvalue weighted by Gasteiger charge is 2.31. The van der Waals surface area contributed by atoms with E-state index in [0.717, 1.165) is 28.8 Å². The van der Waals surface area contributed by atoms with Crippen molar-refractivity contribution in [3.63, 3.8) is 0 Å². The molecule has 39 heavy (non-hydrogen) atoms. The Hall–Kier alpha value is -4.71. The number of nitro groups is 1. The second-order valence-corrected chi connectivity index (χ2v) is 8.71. The summed E-state index contributed by atoms with van der Waals surface area (Å²) in [6.45, 7) is 0.953. The lowest BCUT2D eigenvalue weighted by Crippen LogP contribution is -2.32. The van der Waals surface area contributed by atoms with Crippen LogP contribution in [0.25, 0.3) is 11.1 Å². The molecule has 1 atom stereocenters. The van der Waals surface area contributed by atoms with E-state index < -0.39 is 17.0 Å². The van der Waals surface area contributed by atoms with Crippen molar-refractivity contribution in [2.75, 3.05) is 6.61 Å². The molecule has 1 aliphatic rings. The van der Waals surface area contributed by atoms with Gasteiger partial charge in [0, 0.05) is 16.1 Å². The summed E-state index contributed by atoms with van der Waals surface area (Å²) in [6, 6.07) is 19.5. The van der Waals surface area contributed by atoms with Gasteiger partial charge in [-0.1, -0.05) is 48.5 Å². The number of carbonyl (C=O) groups excluding carboxylic acids is 1. The van der Waals surface area contributed by atoms with Gasteiger partial charge in [-0.2, -0.15) is 0 Å². The van der Waals surface area contributed by atoms with Crippen molar-refractivity contribution in [3.05, 3.63) is 106 Å². The number of hydrogen-bond acceptors (Lipinski definition) is 7. The summed E-state index contributed by atoms with van der Waals surface area (Å²) in [5.41, 5.74) is 3.36. The molecule has 0 saturated carbocycles. The van der Waals surface area contributed by atoms with Gasteiger partial charge in [-0.05, 0) is 45.9 Å². The maximum absolute atomic E-state index is 12.7. The fourth-order valence-electron chi connectivity index (χ4n) is 4.06. The number of fused-ring (bicyclic) bond motifs is 1. The number of alkyl halides is 3. The Morgan fingerprint density at radius 1 is 1.00 bits per heavy atom. The largest absolute Gasteiger partial charge is 0.573 e. The first-order valence-corrected chi connectivity index (χ1v) is 11.7. The van der Waals surface area contributed by atoms with Crippen LogP contribution in [-0.2, 0) is 17.9 Å². The molecule has 1 aliphatic heterocycles. The lowest BCUT2D eigenvalue weighted by Gasteiger charge is -2.22. The molecule has 0 spiro atoms. The number of hydrogen-bond donors (Lipinski definition) is 0. The Labute approximate surface area is 219 Å². The van der Waals surface area contributed by atoms with Crippen LogP contribution in [0.5, 0.6) is 11.8 Å². The third kappa shape index (κ3) is 6.24. The quantitative estimate of drug-likeness (QED) is 0.164. The summed E-state index contributed by atoms with van der Waals surface area (Å²) in [5.74, 6) is -0.988. The fraction of sp³-hybridized carbons (Fsp3) is 0.185. The molecule has 2 heterocycles. The highest BCUT2D eigenvalue weighted by molar-refractivity contribution is 6.09. The molecule has 0 bridgehead atoms. The molecule has 0 N–H and O–H groups in total. The Kier molecular flexibility index (Phi) is 7.03. The van der Waals surface area contributed by atoms with Crippen molar-refractivity contribution < 1.29 is 37.1 Å². The zero-order valence-electron chi connectivity index (χ0n) is 20.1. The third-order valence-corrected chi connectivity index (χ3v) is 5.98. The number of imidazole rings is 1. The van der Waals surface area contributed by atoms with Gasteiger partial charge >= 0.3 is 18.2 Å². The zero-order valence-corrected chi connectivity index (χ0v) is 20.1. The van der Waals surface area contributed by atoms with Crippen LogP contribution in [0, 0.1) is 10.1 Å². The SMILES string of the molecule is O=C(c1ccc(OC(F)(F)F)cc1)c1ccc(-c2ccc(CO[C@@H]3COc4nc([N+](=O)[O-])cn4C3)cc2)cc1. The van der Waals surface area contributed by atoms with E-state index >= 15 is 0 Å². The van der Waals surface area contributed by atoms with Crippen molar-refractivity contribution in [3.8, 4) is 22.9 Å². The highest BCUT2D eigenvalue weighted by atomic mass is 19.4. The number of nitrogens with zero attached hydrogens (tertiary/aromatic N) is 3. The predicted octanol–water partition coefficient (Wildman–Crippen LogP) is 5.57. The topological polar surface area (TPSA) is 106 Å². The van der Waals surface area contributed by atoms with E-state index in [1.165, 1.54) is 18.3 Å². The van der Waals surface area contributed by atoms with Crippen LogP contribution in [-0.4, -0.2) is 39.3 Å². The van der Waals surface area contributed by atoms with Crippen LogP contribution >= 0.6 is 0 Å². The molecule has 5 rings (SSSR count). The minimum absolute atomic E-state index is 0.201. The van der Waals surface area contributed by atoms with Gasteiger partial charge in [0.15, 0.2) is 5.78 Å². The van der Waals surface area contributed by atoms with Crippen LogP contribution in [0.2, 0.25) is 0 Å². The molecule has 9 nitrogen and oxygen atoms in total. The Morgan fingerprint density at radius 2 is 1.59 bits per heavy atom. The van der Waals surface area contributed by atoms with Gasteiger partial charge < -0.3 is 24.3 Å². The first-order valence-electron chi connectivity index (χ1n) is 11.7. The Morgan fingerprint density at radius 3 is 2.18 bits per heavy atom. The maximum atomic E-state index is 12.7. The number of carbonyl (C=O) groups is 1. The molecule has 0 saturated heterocycles. The van der Waals surface area contributed by atoms with E-state index in [1.54, 1.807) is 28.8 Å².